The third-order valence-corrected chi connectivity index (χ3v) is 11.0. The Bertz CT molecular complexity index is 2330. The van der Waals surface area contributed by atoms with Gasteiger partial charge < -0.3 is 10.5 Å². The molecule has 4 heteroatoms. The summed E-state index contributed by atoms with van der Waals surface area (Å²) < 4.78 is 8.94. The van der Waals surface area contributed by atoms with Crippen molar-refractivity contribution < 1.29 is 4.74 Å². The molecular formula is C44H35N3O. The lowest BCUT2D eigenvalue weighted by atomic mass is 9.66. The highest BCUT2D eigenvalue weighted by Gasteiger charge is 2.51. The number of nitrogens with zero attached hydrogens (tertiary/aromatic N) is 2. The molecule has 0 radical (unpaired) electrons. The lowest BCUT2D eigenvalue weighted by molar-refractivity contribution is 0.426. The van der Waals surface area contributed by atoms with Crippen LogP contribution in [0.15, 0.2) is 133 Å². The van der Waals surface area contributed by atoms with Gasteiger partial charge in [0.15, 0.2) is 0 Å². The largest absolute Gasteiger partial charge is 0.457 e. The Morgan fingerprint density at radius 1 is 0.625 bits per heavy atom. The number of ether oxygens (including phenoxy) is 1. The molecule has 0 unspecified atom stereocenters. The molecule has 1 spiro atoms. The lowest BCUT2D eigenvalue weighted by Gasteiger charge is -2.39. The van der Waals surface area contributed by atoms with Crippen molar-refractivity contribution in [1.82, 2.24) is 9.55 Å². The van der Waals surface area contributed by atoms with Crippen LogP contribution in [0.4, 0.5) is 5.69 Å². The van der Waals surface area contributed by atoms with Gasteiger partial charge in [0, 0.05) is 34.0 Å². The standard InChI is InChI=1S/C44H35N3O/c45-37-16-10-15-35-42(37)32-26-23-30(27-36(32)44(35)33-13-4-8-19-40(33)48-41-20-9-5-14-34(41)44)28-21-24-31(25-22-28)47-39-18-7-6-17-38(39)46-43(47)29-11-2-1-3-12-29/h4-10,13-27,29H,1-3,11-12,45H2. The molecule has 0 saturated heterocycles. The number of anilines is 1. The summed E-state index contributed by atoms with van der Waals surface area (Å²) in [5, 5.41) is 0. The van der Waals surface area contributed by atoms with Crippen LogP contribution in [0.1, 0.15) is 66.1 Å². The van der Waals surface area contributed by atoms with Crippen molar-refractivity contribution in [1.29, 1.82) is 0 Å². The van der Waals surface area contributed by atoms with Gasteiger partial charge in [-0.2, -0.15) is 0 Å². The normalized spacial score (nSPS) is 15.8. The van der Waals surface area contributed by atoms with Crippen molar-refractivity contribution in [3.63, 3.8) is 0 Å². The molecular weight excluding hydrogens is 587 g/mol. The molecule has 4 nitrogen and oxygen atoms in total. The van der Waals surface area contributed by atoms with Crippen LogP contribution >= 0.6 is 0 Å². The Hall–Kier alpha value is -5.61. The van der Waals surface area contributed by atoms with Crippen LogP contribution in [0.3, 0.4) is 0 Å². The predicted molar refractivity (Wildman–Crippen MR) is 194 cm³/mol. The highest BCUT2D eigenvalue weighted by Crippen LogP contribution is 2.63. The Morgan fingerprint density at radius 3 is 2.06 bits per heavy atom. The van der Waals surface area contributed by atoms with E-state index in [1.165, 1.54) is 71.3 Å². The van der Waals surface area contributed by atoms with E-state index in [4.69, 9.17) is 15.5 Å². The van der Waals surface area contributed by atoms with Gasteiger partial charge in [-0.3, -0.25) is 4.57 Å². The average molecular weight is 622 g/mol. The summed E-state index contributed by atoms with van der Waals surface area (Å²) >= 11 is 0. The Labute approximate surface area is 280 Å². The van der Waals surface area contributed by atoms with E-state index in [2.05, 4.69) is 132 Å². The summed E-state index contributed by atoms with van der Waals surface area (Å²) in [4.78, 5) is 5.19. The first-order chi connectivity index (χ1) is 23.7. The molecule has 2 aliphatic carbocycles. The van der Waals surface area contributed by atoms with Gasteiger partial charge in [-0.25, -0.2) is 4.98 Å². The fourth-order valence-electron chi connectivity index (χ4n) is 8.91. The molecule has 1 fully saturated rings. The number of benzene rings is 6. The van der Waals surface area contributed by atoms with Crippen molar-refractivity contribution in [2.45, 2.75) is 43.4 Å². The van der Waals surface area contributed by atoms with Gasteiger partial charge in [-0.15, -0.1) is 0 Å². The van der Waals surface area contributed by atoms with Crippen LogP contribution in [0.25, 0.3) is 39.0 Å². The van der Waals surface area contributed by atoms with Gasteiger partial charge >= 0.3 is 0 Å². The van der Waals surface area contributed by atoms with Gasteiger partial charge in [-0.1, -0.05) is 104 Å². The topological polar surface area (TPSA) is 53.1 Å². The van der Waals surface area contributed by atoms with E-state index in [-0.39, 0.29) is 0 Å². The molecule has 1 aliphatic heterocycles. The molecule has 2 N–H and O–H groups in total. The first kappa shape index (κ1) is 27.5. The second-order valence-corrected chi connectivity index (χ2v) is 13.6. The molecule has 3 aliphatic rings. The maximum Gasteiger partial charge on any atom is 0.132 e. The number of aromatic nitrogens is 2. The third kappa shape index (κ3) is 3.80. The van der Waals surface area contributed by atoms with E-state index in [0.717, 1.165) is 45.1 Å². The van der Waals surface area contributed by atoms with Crippen molar-refractivity contribution in [2.75, 3.05) is 5.73 Å². The SMILES string of the molecule is Nc1cccc2c1-c1ccc(-c3ccc(-n4c(C5CCCCC5)nc5ccccc54)cc3)cc1C21c2ccccc2Oc2ccccc21. The highest BCUT2D eigenvalue weighted by molar-refractivity contribution is 5.95. The van der Waals surface area contributed by atoms with Crippen LogP contribution in [-0.4, -0.2) is 9.55 Å². The molecule has 10 rings (SSSR count). The number of hydrogen-bond donors (Lipinski definition) is 1. The van der Waals surface area contributed by atoms with Crippen LogP contribution in [0.5, 0.6) is 11.5 Å². The van der Waals surface area contributed by atoms with E-state index in [1.54, 1.807) is 0 Å². The van der Waals surface area contributed by atoms with Gasteiger partial charge in [-0.05, 0) is 89.2 Å². The summed E-state index contributed by atoms with van der Waals surface area (Å²) in [5.41, 5.74) is 19.8. The zero-order valence-electron chi connectivity index (χ0n) is 26.7. The van der Waals surface area contributed by atoms with Crippen molar-refractivity contribution >= 4 is 16.7 Å². The third-order valence-electron chi connectivity index (χ3n) is 11.0. The molecule has 232 valence electrons. The zero-order chi connectivity index (χ0) is 31.8. The van der Waals surface area contributed by atoms with E-state index < -0.39 is 5.41 Å². The van der Waals surface area contributed by atoms with Gasteiger partial charge in [0.05, 0.1) is 16.4 Å². The van der Waals surface area contributed by atoms with E-state index in [0.29, 0.717) is 5.92 Å². The lowest BCUT2D eigenvalue weighted by Crippen LogP contribution is -2.32. The minimum absolute atomic E-state index is 0.498. The fourth-order valence-corrected chi connectivity index (χ4v) is 8.91. The van der Waals surface area contributed by atoms with Crippen LogP contribution < -0.4 is 10.5 Å². The molecule has 7 aromatic rings. The molecule has 1 saturated carbocycles. The molecule has 0 amide bonds. The zero-order valence-corrected chi connectivity index (χ0v) is 26.7. The Morgan fingerprint density at radius 2 is 1.29 bits per heavy atom. The molecule has 2 heterocycles. The predicted octanol–water partition coefficient (Wildman–Crippen LogP) is 10.8. The first-order valence-electron chi connectivity index (χ1n) is 17.2. The van der Waals surface area contributed by atoms with Crippen LogP contribution in [0.2, 0.25) is 0 Å². The van der Waals surface area contributed by atoms with Crippen LogP contribution in [-0.2, 0) is 5.41 Å². The van der Waals surface area contributed by atoms with Crippen LogP contribution in [0, 0.1) is 0 Å². The Kier molecular flexibility index (Phi) is 5.99. The molecule has 1 aromatic heterocycles. The van der Waals surface area contributed by atoms with E-state index in [1.807, 2.05) is 6.07 Å². The minimum atomic E-state index is -0.550. The molecule has 0 atom stereocenters. The van der Waals surface area contributed by atoms with E-state index >= 15 is 0 Å². The average Bonchev–Trinajstić information content (AvgIpc) is 3.67. The van der Waals surface area contributed by atoms with E-state index in [9.17, 15) is 0 Å². The van der Waals surface area contributed by atoms with Crippen molar-refractivity contribution in [3.05, 3.63) is 162 Å². The van der Waals surface area contributed by atoms with Gasteiger partial charge in [0.25, 0.3) is 0 Å². The number of nitrogens with two attached hydrogens (primary N) is 1. The fraction of sp³-hybridized carbons (Fsp3) is 0.159. The maximum atomic E-state index is 6.80. The van der Waals surface area contributed by atoms with Gasteiger partial charge in [0.1, 0.15) is 17.3 Å². The molecule has 48 heavy (non-hydrogen) atoms. The Balaban J connectivity index is 1.15. The summed E-state index contributed by atoms with van der Waals surface area (Å²) in [6, 6.07) is 47.8. The number of para-hydroxylation sites is 4. The number of fused-ring (bicyclic) bond motifs is 10. The summed E-state index contributed by atoms with van der Waals surface area (Å²) in [6.45, 7) is 0. The minimum Gasteiger partial charge on any atom is -0.457 e. The molecule has 6 aromatic carbocycles. The number of hydrogen-bond acceptors (Lipinski definition) is 3. The summed E-state index contributed by atoms with van der Waals surface area (Å²) in [5.74, 6) is 3.47. The van der Waals surface area contributed by atoms with Crippen molar-refractivity contribution in [3.8, 4) is 39.4 Å². The smallest absolute Gasteiger partial charge is 0.132 e. The second kappa shape index (κ2) is 10.4. The first-order valence-corrected chi connectivity index (χ1v) is 17.2. The van der Waals surface area contributed by atoms with Crippen molar-refractivity contribution in [2.24, 2.45) is 0 Å². The van der Waals surface area contributed by atoms with Gasteiger partial charge in [0.2, 0.25) is 0 Å². The second-order valence-electron chi connectivity index (χ2n) is 13.6. The highest BCUT2D eigenvalue weighted by atomic mass is 16.5. The maximum absolute atomic E-state index is 6.80. The summed E-state index contributed by atoms with van der Waals surface area (Å²) in [6.07, 6.45) is 6.31. The number of nitrogen functional groups attached to an aromatic ring is 1. The quantitative estimate of drug-likeness (QED) is 0.200. The summed E-state index contributed by atoms with van der Waals surface area (Å²) in [7, 11) is 0. The monoisotopic (exact) mass is 621 g/mol. The molecule has 0 bridgehead atoms. The number of rotatable bonds is 3. The number of imidazole rings is 1.